The molecule has 6 nitrogen and oxygen atoms in total. The van der Waals surface area contributed by atoms with Crippen molar-refractivity contribution >= 4 is 17.5 Å². The molecule has 0 unspecified atom stereocenters. The molecule has 1 aromatic carbocycles. The number of nitrogens with one attached hydrogen (secondary N) is 3. The lowest BCUT2D eigenvalue weighted by molar-refractivity contribution is -0.120. The second kappa shape index (κ2) is 7.38. The number of nitrogen functional groups attached to an aromatic ring is 1. The number of hydrazine groups is 1. The summed E-state index contributed by atoms with van der Waals surface area (Å²) in [5.74, 6) is 4.82. The molecule has 0 radical (unpaired) electrons. The highest BCUT2D eigenvalue weighted by Gasteiger charge is 2.12. The van der Waals surface area contributed by atoms with Crippen molar-refractivity contribution in [2.75, 3.05) is 18.5 Å². The fraction of sp³-hybridized carbons (Fsp3) is 0.385. The molecule has 5 N–H and O–H groups in total. The van der Waals surface area contributed by atoms with Crippen molar-refractivity contribution < 1.29 is 9.59 Å². The zero-order valence-electron chi connectivity index (χ0n) is 11.2. The van der Waals surface area contributed by atoms with Gasteiger partial charge in [-0.3, -0.25) is 15.4 Å². The SMILES string of the molecule is CCCNC(=O)CNC(=O)c1cc(C)ccc1NN. The molecule has 0 atom stereocenters. The van der Waals surface area contributed by atoms with E-state index in [2.05, 4.69) is 16.1 Å². The van der Waals surface area contributed by atoms with Crippen molar-refractivity contribution in [2.24, 2.45) is 5.84 Å². The molecule has 0 aromatic heterocycles. The summed E-state index contributed by atoms with van der Waals surface area (Å²) >= 11 is 0. The van der Waals surface area contributed by atoms with E-state index in [1.807, 2.05) is 19.9 Å². The molecule has 1 rings (SSSR count). The van der Waals surface area contributed by atoms with Gasteiger partial charge in [-0.15, -0.1) is 0 Å². The molecule has 1 aromatic rings. The van der Waals surface area contributed by atoms with E-state index >= 15 is 0 Å². The van der Waals surface area contributed by atoms with Crippen LogP contribution in [0.2, 0.25) is 0 Å². The Bertz CT molecular complexity index is 460. The lowest BCUT2D eigenvalue weighted by Crippen LogP contribution is -2.37. The Morgan fingerprint density at radius 2 is 2.00 bits per heavy atom. The number of carbonyl (C=O) groups excluding carboxylic acids is 2. The number of anilines is 1. The van der Waals surface area contributed by atoms with Crippen LogP contribution < -0.4 is 21.9 Å². The summed E-state index contributed by atoms with van der Waals surface area (Å²) in [6.45, 7) is 4.40. The van der Waals surface area contributed by atoms with Crippen LogP contribution in [0.25, 0.3) is 0 Å². The average Bonchev–Trinajstić information content (AvgIpc) is 2.42. The third kappa shape index (κ3) is 4.59. The molecule has 0 aliphatic rings. The molecule has 0 saturated heterocycles. The Hall–Kier alpha value is -2.08. The summed E-state index contributed by atoms with van der Waals surface area (Å²) in [5.41, 5.74) is 4.36. The van der Waals surface area contributed by atoms with Gasteiger partial charge in [-0.1, -0.05) is 18.6 Å². The van der Waals surface area contributed by atoms with Crippen LogP contribution in [0, 0.1) is 6.92 Å². The average molecular weight is 264 g/mol. The molecule has 0 aliphatic heterocycles. The first-order valence-corrected chi connectivity index (χ1v) is 6.20. The second-order valence-corrected chi connectivity index (χ2v) is 4.23. The minimum absolute atomic E-state index is 0.0449. The zero-order valence-corrected chi connectivity index (χ0v) is 11.2. The van der Waals surface area contributed by atoms with E-state index < -0.39 is 0 Å². The number of amides is 2. The summed E-state index contributed by atoms with van der Waals surface area (Å²) in [6.07, 6.45) is 0.860. The number of aryl methyl sites for hydroxylation is 1. The fourth-order valence-electron chi connectivity index (χ4n) is 1.55. The largest absolute Gasteiger partial charge is 0.355 e. The number of carbonyl (C=O) groups is 2. The van der Waals surface area contributed by atoms with E-state index in [4.69, 9.17) is 5.84 Å². The molecule has 0 fully saturated rings. The Balaban J connectivity index is 2.63. The van der Waals surface area contributed by atoms with Crippen LogP contribution in [0.1, 0.15) is 29.3 Å². The molecule has 0 bridgehead atoms. The van der Waals surface area contributed by atoms with E-state index in [-0.39, 0.29) is 18.4 Å². The van der Waals surface area contributed by atoms with Gasteiger partial charge in [0.1, 0.15) is 0 Å². The molecular weight excluding hydrogens is 244 g/mol. The van der Waals surface area contributed by atoms with Gasteiger partial charge in [0.25, 0.3) is 5.91 Å². The third-order valence-corrected chi connectivity index (χ3v) is 2.56. The molecule has 2 amide bonds. The number of benzene rings is 1. The number of nitrogens with two attached hydrogens (primary N) is 1. The first kappa shape index (κ1) is 15.0. The van der Waals surface area contributed by atoms with Crippen LogP contribution in [-0.4, -0.2) is 24.9 Å². The molecule has 0 saturated carbocycles. The van der Waals surface area contributed by atoms with Crippen molar-refractivity contribution in [2.45, 2.75) is 20.3 Å². The van der Waals surface area contributed by atoms with Gasteiger partial charge in [-0.25, -0.2) is 0 Å². The second-order valence-electron chi connectivity index (χ2n) is 4.23. The quantitative estimate of drug-likeness (QED) is 0.445. The summed E-state index contributed by atoms with van der Waals surface area (Å²) in [6, 6.07) is 5.29. The van der Waals surface area contributed by atoms with Gasteiger partial charge in [-0.2, -0.15) is 0 Å². The summed E-state index contributed by atoms with van der Waals surface area (Å²) in [5, 5.41) is 5.25. The fourth-order valence-corrected chi connectivity index (χ4v) is 1.55. The van der Waals surface area contributed by atoms with E-state index in [9.17, 15) is 9.59 Å². The van der Waals surface area contributed by atoms with Gasteiger partial charge < -0.3 is 16.1 Å². The topological polar surface area (TPSA) is 96.2 Å². The van der Waals surface area contributed by atoms with Crippen molar-refractivity contribution in [3.05, 3.63) is 29.3 Å². The Morgan fingerprint density at radius 3 is 2.63 bits per heavy atom. The van der Waals surface area contributed by atoms with Crippen molar-refractivity contribution in [3.63, 3.8) is 0 Å². The van der Waals surface area contributed by atoms with Crippen molar-refractivity contribution in [3.8, 4) is 0 Å². The maximum atomic E-state index is 12.0. The standard InChI is InChI=1S/C13H20N4O2/c1-3-6-15-12(18)8-16-13(19)10-7-9(2)4-5-11(10)17-14/h4-5,7,17H,3,6,8,14H2,1-2H3,(H,15,18)(H,16,19). The number of hydrogen-bond acceptors (Lipinski definition) is 4. The van der Waals surface area contributed by atoms with E-state index in [0.29, 0.717) is 17.8 Å². The Labute approximate surface area is 112 Å². The first-order chi connectivity index (χ1) is 9.08. The lowest BCUT2D eigenvalue weighted by Gasteiger charge is -2.10. The van der Waals surface area contributed by atoms with E-state index in [0.717, 1.165) is 12.0 Å². The predicted molar refractivity (Wildman–Crippen MR) is 74.6 cm³/mol. The maximum absolute atomic E-state index is 12.0. The molecule has 104 valence electrons. The predicted octanol–water partition coefficient (Wildman–Crippen LogP) is 0.537. The highest BCUT2D eigenvalue weighted by atomic mass is 16.2. The van der Waals surface area contributed by atoms with Gasteiger partial charge in [0.15, 0.2) is 0 Å². The highest BCUT2D eigenvalue weighted by molar-refractivity contribution is 6.01. The van der Waals surface area contributed by atoms with Gasteiger partial charge in [0.05, 0.1) is 17.8 Å². The van der Waals surface area contributed by atoms with E-state index in [1.54, 1.807) is 12.1 Å². The molecule has 19 heavy (non-hydrogen) atoms. The monoisotopic (exact) mass is 264 g/mol. The van der Waals surface area contributed by atoms with Crippen molar-refractivity contribution in [1.29, 1.82) is 0 Å². The van der Waals surface area contributed by atoms with Crippen LogP contribution in [0.15, 0.2) is 18.2 Å². The zero-order chi connectivity index (χ0) is 14.3. The molecule has 0 aliphatic carbocycles. The normalized spacial score (nSPS) is 9.84. The number of rotatable bonds is 6. The van der Waals surface area contributed by atoms with Gasteiger partial charge in [0, 0.05) is 6.54 Å². The molecular formula is C13H20N4O2. The maximum Gasteiger partial charge on any atom is 0.253 e. The smallest absolute Gasteiger partial charge is 0.253 e. The molecule has 6 heteroatoms. The van der Waals surface area contributed by atoms with E-state index in [1.165, 1.54) is 0 Å². The van der Waals surface area contributed by atoms with Crippen molar-refractivity contribution in [1.82, 2.24) is 10.6 Å². The summed E-state index contributed by atoms with van der Waals surface area (Å²) < 4.78 is 0. The van der Waals surface area contributed by atoms with Crippen LogP contribution in [0.4, 0.5) is 5.69 Å². The lowest BCUT2D eigenvalue weighted by atomic mass is 10.1. The summed E-state index contributed by atoms with van der Waals surface area (Å²) in [7, 11) is 0. The molecule has 0 heterocycles. The van der Waals surface area contributed by atoms with Gasteiger partial charge >= 0.3 is 0 Å². The minimum Gasteiger partial charge on any atom is -0.355 e. The molecule has 0 spiro atoms. The summed E-state index contributed by atoms with van der Waals surface area (Å²) in [4.78, 5) is 23.4. The van der Waals surface area contributed by atoms with Crippen LogP contribution in [0.3, 0.4) is 0 Å². The Morgan fingerprint density at radius 1 is 1.26 bits per heavy atom. The first-order valence-electron chi connectivity index (χ1n) is 6.20. The van der Waals surface area contributed by atoms with Gasteiger partial charge in [0.2, 0.25) is 5.91 Å². The van der Waals surface area contributed by atoms with Crippen LogP contribution in [0.5, 0.6) is 0 Å². The Kier molecular flexibility index (Phi) is 5.81. The van der Waals surface area contributed by atoms with Crippen LogP contribution in [-0.2, 0) is 4.79 Å². The van der Waals surface area contributed by atoms with Crippen LogP contribution >= 0.6 is 0 Å². The third-order valence-electron chi connectivity index (χ3n) is 2.56. The minimum atomic E-state index is -0.330. The number of hydrogen-bond donors (Lipinski definition) is 4. The van der Waals surface area contributed by atoms with Gasteiger partial charge in [-0.05, 0) is 25.5 Å². The highest BCUT2D eigenvalue weighted by Crippen LogP contribution is 2.15.